The van der Waals surface area contributed by atoms with Crippen LogP contribution in [-0.4, -0.2) is 39.7 Å². The SMILES string of the molecule is COc1ccccc1[C@@H](C)N(C)C(=O)Cn1nc(C)c([N+](=O)[O-])c1C. The molecule has 8 heteroatoms. The summed E-state index contributed by atoms with van der Waals surface area (Å²) in [6.07, 6.45) is 0. The van der Waals surface area contributed by atoms with Gasteiger partial charge in [-0.2, -0.15) is 5.10 Å². The van der Waals surface area contributed by atoms with Crippen molar-refractivity contribution in [3.63, 3.8) is 0 Å². The maximum absolute atomic E-state index is 12.6. The van der Waals surface area contributed by atoms with Crippen LogP contribution >= 0.6 is 0 Å². The number of ether oxygens (including phenoxy) is 1. The minimum Gasteiger partial charge on any atom is -0.496 e. The van der Waals surface area contributed by atoms with Crippen molar-refractivity contribution < 1.29 is 14.5 Å². The molecule has 0 bridgehead atoms. The van der Waals surface area contributed by atoms with E-state index in [0.29, 0.717) is 17.1 Å². The Morgan fingerprint density at radius 2 is 2.04 bits per heavy atom. The molecular formula is C17H22N4O4. The van der Waals surface area contributed by atoms with E-state index in [1.165, 1.54) is 4.68 Å². The third-order valence-electron chi connectivity index (χ3n) is 4.37. The third-order valence-corrected chi connectivity index (χ3v) is 4.37. The number of carbonyl (C=O) groups is 1. The first-order valence-electron chi connectivity index (χ1n) is 7.84. The summed E-state index contributed by atoms with van der Waals surface area (Å²) in [5.74, 6) is 0.510. The number of nitrogens with zero attached hydrogens (tertiary/aromatic N) is 4. The van der Waals surface area contributed by atoms with Gasteiger partial charge >= 0.3 is 5.69 Å². The zero-order chi connectivity index (χ0) is 18.7. The molecule has 0 radical (unpaired) electrons. The molecule has 1 aromatic carbocycles. The Morgan fingerprint density at radius 3 is 2.60 bits per heavy atom. The summed E-state index contributed by atoms with van der Waals surface area (Å²) >= 11 is 0. The lowest BCUT2D eigenvalue weighted by Gasteiger charge is -2.26. The molecule has 1 atom stereocenters. The standard InChI is InChI=1S/C17H22N4O4/c1-11-17(21(23)24)13(3)20(18-11)10-16(22)19(4)12(2)14-8-6-7-9-15(14)25-5/h6-9,12H,10H2,1-5H3/t12-/m1/s1. The summed E-state index contributed by atoms with van der Waals surface area (Å²) in [6.45, 7) is 5.00. The topological polar surface area (TPSA) is 90.5 Å². The zero-order valence-electron chi connectivity index (χ0n) is 15.0. The van der Waals surface area contributed by atoms with Crippen LogP contribution in [-0.2, 0) is 11.3 Å². The van der Waals surface area contributed by atoms with E-state index in [1.54, 1.807) is 32.9 Å². The first-order valence-corrected chi connectivity index (χ1v) is 7.84. The number of hydrogen-bond donors (Lipinski definition) is 0. The molecule has 0 aliphatic rings. The Balaban J connectivity index is 2.21. The molecule has 134 valence electrons. The number of aryl methyl sites for hydroxylation is 1. The number of methoxy groups -OCH3 is 1. The van der Waals surface area contributed by atoms with Crippen LogP contribution in [0.1, 0.15) is 29.9 Å². The predicted molar refractivity (Wildman–Crippen MR) is 92.5 cm³/mol. The van der Waals surface area contributed by atoms with Crippen molar-refractivity contribution in [3.8, 4) is 5.75 Å². The average molecular weight is 346 g/mol. The summed E-state index contributed by atoms with van der Waals surface area (Å²) in [5, 5.41) is 15.2. The van der Waals surface area contributed by atoms with Crippen LogP contribution in [0.3, 0.4) is 0 Å². The number of hydrogen-bond acceptors (Lipinski definition) is 5. The van der Waals surface area contributed by atoms with Crippen LogP contribution in [0.4, 0.5) is 5.69 Å². The van der Waals surface area contributed by atoms with Gasteiger partial charge in [-0.15, -0.1) is 0 Å². The molecule has 0 saturated carbocycles. The number of rotatable bonds is 6. The van der Waals surface area contributed by atoms with Gasteiger partial charge < -0.3 is 9.64 Å². The molecule has 2 aromatic rings. The van der Waals surface area contributed by atoms with Gasteiger partial charge in [0, 0.05) is 12.6 Å². The summed E-state index contributed by atoms with van der Waals surface area (Å²) in [4.78, 5) is 24.8. The van der Waals surface area contributed by atoms with Gasteiger partial charge in [-0.25, -0.2) is 0 Å². The Bertz CT molecular complexity index is 800. The number of likely N-dealkylation sites (N-methyl/N-ethyl adjacent to an activating group) is 1. The molecule has 0 N–H and O–H groups in total. The van der Waals surface area contributed by atoms with Gasteiger partial charge in [-0.3, -0.25) is 19.6 Å². The molecular weight excluding hydrogens is 324 g/mol. The number of aromatic nitrogens is 2. The summed E-state index contributed by atoms with van der Waals surface area (Å²) in [6, 6.07) is 7.29. The van der Waals surface area contributed by atoms with Crippen molar-refractivity contribution in [1.29, 1.82) is 0 Å². The van der Waals surface area contributed by atoms with Crippen molar-refractivity contribution >= 4 is 11.6 Å². The Morgan fingerprint density at radius 1 is 1.40 bits per heavy atom. The van der Waals surface area contributed by atoms with E-state index in [9.17, 15) is 14.9 Å². The summed E-state index contributed by atoms with van der Waals surface area (Å²) < 4.78 is 6.72. The summed E-state index contributed by atoms with van der Waals surface area (Å²) in [5.41, 5.74) is 1.51. The van der Waals surface area contributed by atoms with E-state index in [0.717, 1.165) is 5.56 Å². The molecule has 0 spiro atoms. The highest BCUT2D eigenvalue weighted by atomic mass is 16.6. The van der Waals surface area contributed by atoms with Gasteiger partial charge in [0.1, 0.15) is 23.7 Å². The highest BCUT2D eigenvalue weighted by Crippen LogP contribution is 2.28. The van der Waals surface area contributed by atoms with Crippen LogP contribution in [0.25, 0.3) is 0 Å². The van der Waals surface area contributed by atoms with E-state index in [2.05, 4.69) is 5.10 Å². The lowest BCUT2D eigenvalue weighted by molar-refractivity contribution is -0.386. The molecule has 0 saturated heterocycles. The van der Waals surface area contributed by atoms with E-state index in [-0.39, 0.29) is 24.2 Å². The number of para-hydroxylation sites is 1. The van der Waals surface area contributed by atoms with Gasteiger partial charge in [0.05, 0.1) is 18.1 Å². The molecule has 1 aromatic heterocycles. The summed E-state index contributed by atoms with van der Waals surface area (Å²) in [7, 11) is 3.28. The second-order valence-electron chi connectivity index (χ2n) is 5.86. The fraction of sp³-hybridized carbons (Fsp3) is 0.412. The molecule has 0 unspecified atom stereocenters. The number of nitro groups is 1. The highest BCUT2D eigenvalue weighted by molar-refractivity contribution is 5.76. The third kappa shape index (κ3) is 3.62. The van der Waals surface area contributed by atoms with Gasteiger partial charge in [0.25, 0.3) is 0 Å². The molecule has 1 amide bonds. The van der Waals surface area contributed by atoms with Crippen molar-refractivity contribution in [2.45, 2.75) is 33.4 Å². The van der Waals surface area contributed by atoms with Crippen molar-refractivity contribution in [2.24, 2.45) is 0 Å². The van der Waals surface area contributed by atoms with Gasteiger partial charge in [-0.05, 0) is 26.8 Å². The van der Waals surface area contributed by atoms with Crippen molar-refractivity contribution in [1.82, 2.24) is 14.7 Å². The number of benzene rings is 1. The van der Waals surface area contributed by atoms with Crippen LogP contribution in [0.15, 0.2) is 24.3 Å². The first-order chi connectivity index (χ1) is 11.8. The maximum atomic E-state index is 12.6. The molecule has 0 fully saturated rings. The highest BCUT2D eigenvalue weighted by Gasteiger charge is 2.25. The lowest BCUT2D eigenvalue weighted by Crippen LogP contribution is -2.33. The van der Waals surface area contributed by atoms with Crippen molar-refractivity contribution in [3.05, 3.63) is 51.3 Å². The lowest BCUT2D eigenvalue weighted by atomic mass is 10.1. The Hall–Kier alpha value is -2.90. The Kier molecular flexibility index (Phi) is 5.41. The van der Waals surface area contributed by atoms with E-state index in [1.807, 2.05) is 31.2 Å². The fourth-order valence-corrected chi connectivity index (χ4v) is 2.78. The second kappa shape index (κ2) is 7.33. The van der Waals surface area contributed by atoms with Crippen molar-refractivity contribution in [2.75, 3.05) is 14.2 Å². The largest absolute Gasteiger partial charge is 0.496 e. The quantitative estimate of drug-likeness (QED) is 0.592. The minimum atomic E-state index is -0.472. The van der Waals surface area contributed by atoms with E-state index < -0.39 is 4.92 Å². The minimum absolute atomic E-state index is 0.0479. The van der Waals surface area contributed by atoms with Crippen LogP contribution < -0.4 is 4.74 Å². The van der Waals surface area contributed by atoms with Gasteiger partial charge in [0.2, 0.25) is 5.91 Å². The van der Waals surface area contributed by atoms with Crippen LogP contribution in [0.5, 0.6) is 5.75 Å². The monoisotopic (exact) mass is 346 g/mol. The molecule has 1 heterocycles. The predicted octanol–water partition coefficient (Wildman–Crippen LogP) is 2.64. The second-order valence-corrected chi connectivity index (χ2v) is 5.86. The molecule has 25 heavy (non-hydrogen) atoms. The van der Waals surface area contributed by atoms with Crippen LogP contribution in [0, 0.1) is 24.0 Å². The maximum Gasteiger partial charge on any atom is 0.312 e. The molecule has 0 aliphatic carbocycles. The normalized spacial score (nSPS) is 11.9. The molecule has 8 nitrogen and oxygen atoms in total. The smallest absolute Gasteiger partial charge is 0.312 e. The van der Waals surface area contributed by atoms with Gasteiger partial charge in [-0.1, -0.05) is 18.2 Å². The molecule has 2 rings (SSSR count). The van der Waals surface area contributed by atoms with Crippen LogP contribution in [0.2, 0.25) is 0 Å². The fourth-order valence-electron chi connectivity index (χ4n) is 2.78. The molecule has 0 aliphatic heterocycles. The van der Waals surface area contributed by atoms with E-state index in [4.69, 9.17) is 4.74 Å². The average Bonchev–Trinajstić information content (AvgIpc) is 2.86. The van der Waals surface area contributed by atoms with Gasteiger partial charge in [0.15, 0.2) is 0 Å². The Labute approximate surface area is 146 Å². The number of amides is 1. The first kappa shape index (κ1) is 18.4. The van der Waals surface area contributed by atoms with E-state index >= 15 is 0 Å². The number of carbonyl (C=O) groups excluding carboxylic acids is 1. The zero-order valence-corrected chi connectivity index (χ0v) is 15.0.